The summed E-state index contributed by atoms with van der Waals surface area (Å²) in [5.41, 5.74) is 0. The van der Waals surface area contributed by atoms with Gasteiger partial charge in [0.25, 0.3) is 0 Å². The lowest BCUT2D eigenvalue weighted by atomic mass is 10.2. The third-order valence-corrected chi connectivity index (χ3v) is 2.81. The van der Waals surface area contributed by atoms with Crippen LogP contribution in [0.25, 0.3) is 0 Å². The monoisotopic (exact) mass is 328 g/mol. The molecular formula is C10H17IO4. The number of methoxy groups -OCH3 is 1. The summed E-state index contributed by atoms with van der Waals surface area (Å²) in [7, 11) is 1.32. The van der Waals surface area contributed by atoms with E-state index < -0.39 is 0 Å². The topological polar surface area (TPSA) is 52.6 Å². The Morgan fingerprint density at radius 2 is 2.00 bits per heavy atom. The summed E-state index contributed by atoms with van der Waals surface area (Å²) in [5.74, 6) is -0.581. The fraction of sp³-hybridized carbons (Fsp3) is 0.800. The molecule has 0 amide bonds. The van der Waals surface area contributed by atoms with Crippen molar-refractivity contribution < 1.29 is 19.1 Å². The largest absolute Gasteiger partial charge is 0.469 e. The van der Waals surface area contributed by atoms with E-state index in [4.69, 9.17) is 4.74 Å². The molecule has 0 aromatic heterocycles. The molecule has 0 rings (SSSR count). The normalized spacial score (nSPS) is 11.9. The van der Waals surface area contributed by atoms with E-state index in [2.05, 4.69) is 27.3 Å². The maximum absolute atomic E-state index is 11.3. The van der Waals surface area contributed by atoms with E-state index in [1.54, 1.807) is 0 Å². The summed E-state index contributed by atoms with van der Waals surface area (Å²) in [5, 5.41) is 0. The third kappa shape index (κ3) is 7.58. The molecule has 0 aliphatic carbocycles. The molecule has 0 aromatic rings. The van der Waals surface area contributed by atoms with Gasteiger partial charge in [-0.15, -0.1) is 0 Å². The first-order valence-electron chi connectivity index (χ1n) is 4.96. The first-order valence-corrected chi connectivity index (χ1v) is 6.48. The van der Waals surface area contributed by atoms with Crippen LogP contribution in [0.5, 0.6) is 0 Å². The number of rotatable bonds is 7. The summed E-state index contributed by atoms with van der Waals surface area (Å²) in [6.45, 7) is 2.01. The average molecular weight is 328 g/mol. The van der Waals surface area contributed by atoms with E-state index in [1.807, 2.05) is 6.92 Å². The van der Waals surface area contributed by atoms with Crippen LogP contribution < -0.4 is 0 Å². The second-order valence-electron chi connectivity index (χ2n) is 3.15. The Bertz CT molecular complexity index is 206. The fourth-order valence-electron chi connectivity index (χ4n) is 0.963. The zero-order valence-corrected chi connectivity index (χ0v) is 11.3. The van der Waals surface area contributed by atoms with Gasteiger partial charge in [0.15, 0.2) is 0 Å². The van der Waals surface area contributed by atoms with E-state index in [0.29, 0.717) is 10.8 Å². The number of hydrogen-bond acceptors (Lipinski definition) is 4. The summed E-state index contributed by atoms with van der Waals surface area (Å²) < 4.78 is 10.2. The van der Waals surface area contributed by atoms with E-state index in [9.17, 15) is 9.59 Å². The van der Waals surface area contributed by atoms with Crippen LogP contribution in [-0.4, -0.2) is 29.6 Å². The molecule has 15 heavy (non-hydrogen) atoms. The molecule has 0 aliphatic rings. The van der Waals surface area contributed by atoms with Gasteiger partial charge in [0.2, 0.25) is 0 Å². The number of alkyl halides is 1. The molecule has 1 unspecified atom stereocenters. The number of esters is 2. The summed E-state index contributed by atoms with van der Waals surface area (Å²) in [6, 6.07) is 0. The van der Waals surface area contributed by atoms with Gasteiger partial charge in [0.1, 0.15) is 6.10 Å². The zero-order valence-electron chi connectivity index (χ0n) is 9.12. The molecule has 5 heteroatoms. The van der Waals surface area contributed by atoms with Crippen LogP contribution in [0.15, 0.2) is 0 Å². The highest BCUT2D eigenvalue weighted by Gasteiger charge is 2.17. The van der Waals surface area contributed by atoms with Crippen LogP contribution in [-0.2, 0) is 19.1 Å². The quantitative estimate of drug-likeness (QED) is 0.408. The van der Waals surface area contributed by atoms with E-state index in [-0.39, 0.29) is 24.5 Å². The molecular weight excluding hydrogens is 311 g/mol. The first kappa shape index (κ1) is 14.7. The Morgan fingerprint density at radius 3 is 2.47 bits per heavy atom. The molecule has 0 saturated carbocycles. The van der Waals surface area contributed by atoms with Gasteiger partial charge in [-0.2, -0.15) is 0 Å². The number of hydrogen-bond donors (Lipinski definition) is 0. The summed E-state index contributed by atoms with van der Waals surface area (Å²) in [4.78, 5) is 22.2. The number of unbranched alkanes of at least 4 members (excludes halogenated alkanes) is 1. The van der Waals surface area contributed by atoms with Crippen molar-refractivity contribution in [1.29, 1.82) is 0 Å². The highest BCUT2D eigenvalue weighted by Crippen LogP contribution is 2.07. The standard InChI is InChI=1S/C10H17IO4/c1-3-4-5-9(12)15-8(7-11)6-10(13)14-2/h8H,3-7H2,1-2H3. The third-order valence-electron chi connectivity index (χ3n) is 1.83. The molecule has 0 radical (unpaired) electrons. The van der Waals surface area contributed by atoms with Crippen molar-refractivity contribution in [3.63, 3.8) is 0 Å². The summed E-state index contributed by atoms with van der Waals surface area (Å²) in [6.07, 6.45) is 1.98. The summed E-state index contributed by atoms with van der Waals surface area (Å²) >= 11 is 2.09. The van der Waals surface area contributed by atoms with Gasteiger partial charge in [-0.3, -0.25) is 9.59 Å². The Hall–Kier alpha value is -0.330. The Balaban J connectivity index is 3.87. The molecule has 4 nitrogen and oxygen atoms in total. The number of carbonyl (C=O) groups is 2. The van der Waals surface area contributed by atoms with Crippen molar-refractivity contribution in [2.75, 3.05) is 11.5 Å². The lowest BCUT2D eigenvalue weighted by molar-refractivity contribution is -0.152. The second-order valence-corrected chi connectivity index (χ2v) is 4.03. The smallest absolute Gasteiger partial charge is 0.309 e. The van der Waals surface area contributed by atoms with Gasteiger partial charge in [0.05, 0.1) is 13.5 Å². The first-order chi connectivity index (χ1) is 7.13. The van der Waals surface area contributed by atoms with Crippen molar-refractivity contribution >= 4 is 34.5 Å². The van der Waals surface area contributed by atoms with Crippen molar-refractivity contribution in [1.82, 2.24) is 0 Å². The number of carbonyl (C=O) groups excluding carboxylic acids is 2. The minimum atomic E-state index is -0.359. The van der Waals surface area contributed by atoms with Gasteiger partial charge >= 0.3 is 11.9 Å². The van der Waals surface area contributed by atoms with Gasteiger partial charge in [-0.05, 0) is 6.42 Å². The highest BCUT2D eigenvalue weighted by molar-refractivity contribution is 14.1. The average Bonchev–Trinajstić information content (AvgIpc) is 2.25. The Labute approximate surface area is 104 Å². The molecule has 0 fully saturated rings. The van der Waals surface area contributed by atoms with Gasteiger partial charge < -0.3 is 9.47 Å². The predicted octanol–water partition coefficient (Wildman–Crippen LogP) is 2.09. The van der Waals surface area contributed by atoms with Crippen molar-refractivity contribution in [2.45, 2.75) is 38.7 Å². The van der Waals surface area contributed by atoms with E-state index in [0.717, 1.165) is 12.8 Å². The van der Waals surface area contributed by atoms with Gasteiger partial charge in [-0.1, -0.05) is 35.9 Å². The molecule has 0 N–H and O–H groups in total. The Morgan fingerprint density at radius 1 is 1.33 bits per heavy atom. The SMILES string of the molecule is CCCCC(=O)OC(CI)CC(=O)OC. The highest BCUT2D eigenvalue weighted by atomic mass is 127. The number of ether oxygens (including phenoxy) is 2. The van der Waals surface area contributed by atoms with Crippen LogP contribution in [0.3, 0.4) is 0 Å². The minimum Gasteiger partial charge on any atom is -0.469 e. The lowest BCUT2D eigenvalue weighted by Gasteiger charge is -2.13. The van der Waals surface area contributed by atoms with E-state index in [1.165, 1.54) is 7.11 Å². The second kappa shape index (κ2) is 8.94. The molecule has 88 valence electrons. The van der Waals surface area contributed by atoms with Crippen molar-refractivity contribution in [2.24, 2.45) is 0 Å². The maximum Gasteiger partial charge on any atom is 0.309 e. The van der Waals surface area contributed by atoms with Crippen LogP contribution in [0.1, 0.15) is 32.6 Å². The van der Waals surface area contributed by atoms with Crippen molar-refractivity contribution in [3.8, 4) is 0 Å². The molecule has 0 bridgehead atoms. The molecule has 0 spiro atoms. The van der Waals surface area contributed by atoms with Crippen LogP contribution in [0.4, 0.5) is 0 Å². The molecule has 0 aliphatic heterocycles. The molecule has 0 saturated heterocycles. The molecule has 1 atom stereocenters. The maximum atomic E-state index is 11.3. The van der Waals surface area contributed by atoms with Crippen LogP contribution in [0, 0.1) is 0 Å². The number of halogens is 1. The van der Waals surface area contributed by atoms with E-state index >= 15 is 0 Å². The van der Waals surface area contributed by atoms with Crippen LogP contribution in [0.2, 0.25) is 0 Å². The van der Waals surface area contributed by atoms with Gasteiger partial charge in [0, 0.05) is 10.8 Å². The zero-order chi connectivity index (χ0) is 11.7. The molecule has 0 heterocycles. The minimum absolute atomic E-state index is 0.136. The van der Waals surface area contributed by atoms with Crippen LogP contribution >= 0.6 is 22.6 Å². The predicted molar refractivity (Wildman–Crippen MR) is 64.9 cm³/mol. The Kier molecular flexibility index (Phi) is 8.74. The fourth-order valence-corrected chi connectivity index (χ4v) is 1.45. The van der Waals surface area contributed by atoms with Crippen molar-refractivity contribution in [3.05, 3.63) is 0 Å². The molecule has 0 aromatic carbocycles. The lowest BCUT2D eigenvalue weighted by Crippen LogP contribution is -2.23. The van der Waals surface area contributed by atoms with Gasteiger partial charge in [-0.25, -0.2) is 0 Å².